The summed E-state index contributed by atoms with van der Waals surface area (Å²) in [6, 6.07) is 16.5. The van der Waals surface area contributed by atoms with Gasteiger partial charge in [-0.3, -0.25) is 15.0 Å². The van der Waals surface area contributed by atoms with Crippen molar-refractivity contribution in [2.45, 2.75) is 38.3 Å². The second kappa shape index (κ2) is 6.48. The van der Waals surface area contributed by atoms with E-state index in [0.717, 1.165) is 31.4 Å². The molecule has 2 unspecified atom stereocenters. The lowest BCUT2D eigenvalue weighted by Crippen LogP contribution is -2.69. The molecule has 2 N–H and O–H groups in total. The molecule has 1 saturated carbocycles. The minimum atomic E-state index is -0.589. The van der Waals surface area contributed by atoms with Gasteiger partial charge < -0.3 is 5.32 Å². The highest BCUT2D eigenvalue weighted by molar-refractivity contribution is 6.04. The van der Waals surface area contributed by atoms with Gasteiger partial charge in [0.15, 0.2) is 0 Å². The molecule has 1 heterocycles. The molecule has 0 aromatic heterocycles. The standard InChI is InChI=1S/C21H23N3O2/c1-15-9-7-8-14-21(15)22-18-13-6-5-12-17(18)20(26)24(21)23-19(25)16-10-3-2-4-11-16/h2-6,10-13,15,22H,7-9,14H2,1H3,(H,23,25). The van der Waals surface area contributed by atoms with Gasteiger partial charge in [-0.05, 0) is 49.4 Å². The number of carbonyl (C=O) groups excluding carboxylic acids is 2. The normalized spacial score (nSPS) is 24.7. The summed E-state index contributed by atoms with van der Waals surface area (Å²) in [6.45, 7) is 2.15. The number of hydrogen-bond acceptors (Lipinski definition) is 3. The van der Waals surface area contributed by atoms with Gasteiger partial charge in [-0.1, -0.05) is 43.7 Å². The van der Waals surface area contributed by atoms with E-state index in [4.69, 9.17) is 0 Å². The number of amides is 2. The molecule has 0 radical (unpaired) electrons. The Labute approximate surface area is 153 Å². The first-order valence-corrected chi connectivity index (χ1v) is 9.19. The fraction of sp³-hybridized carbons (Fsp3) is 0.333. The van der Waals surface area contributed by atoms with Gasteiger partial charge in [0, 0.05) is 11.3 Å². The Bertz CT molecular complexity index is 836. The molecule has 0 bridgehead atoms. The minimum absolute atomic E-state index is 0.155. The van der Waals surface area contributed by atoms with Crippen LogP contribution in [0.3, 0.4) is 0 Å². The van der Waals surface area contributed by atoms with E-state index in [0.29, 0.717) is 11.1 Å². The third kappa shape index (κ3) is 2.64. The van der Waals surface area contributed by atoms with E-state index >= 15 is 0 Å². The Morgan fingerprint density at radius 1 is 1.12 bits per heavy atom. The smallest absolute Gasteiger partial charge is 0.276 e. The summed E-state index contributed by atoms with van der Waals surface area (Å²) < 4.78 is 0. The van der Waals surface area contributed by atoms with E-state index in [-0.39, 0.29) is 17.7 Å². The molecule has 2 aromatic rings. The quantitative estimate of drug-likeness (QED) is 0.867. The number of hydrazine groups is 1. The largest absolute Gasteiger partial charge is 0.360 e. The van der Waals surface area contributed by atoms with Crippen LogP contribution in [0.2, 0.25) is 0 Å². The van der Waals surface area contributed by atoms with Crippen LogP contribution in [-0.2, 0) is 0 Å². The van der Waals surface area contributed by atoms with E-state index in [1.54, 1.807) is 23.2 Å². The highest BCUT2D eigenvalue weighted by Crippen LogP contribution is 2.42. The maximum atomic E-state index is 13.3. The van der Waals surface area contributed by atoms with Crippen molar-refractivity contribution < 1.29 is 9.59 Å². The number of nitrogens with one attached hydrogen (secondary N) is 2. The molecule has 1 aliphatic carbocycles. The SMILES string of the molecule is CC1CCCCC12Nc1ccccc1C(=O)N2NC(=O)c1ccccc1. The second-order valence-corrected chi connectivity index (χ2v) is 7.19. The molecular formula is C21H23N3O2. The predicted octanol–water partition coefficient (Wildman–Crippen LogP) is 3.81. The zero-order chi connectivity index (χ0) is 18.1. The van der Waals surface area contributed by atoms with Gasteiger partial charge >= 0.3 is 0 Å². The van der Waals surface area contributed by atoms with Crippen molar-refractivity contribution in [2.75, 3.05) is 5.32 Å². The Morgan fingerprint density at radius 2 is 1.85 bits per heavy atom. The second-order valence-electron chi connectivity index (χ2n) is 7.19. The van der Waals surface area contributed by atoms with Crippen LogP contribution < -0.4 is 10.7 Å². The molecule has 2 atom stereocenters. The van der Waals surface area contributed by atoms with Gasteiger partial charge in [-0.15, -0.1) is 0 Å². The van der Waals surface area contributed by atoms with Crippen LogP contribution >= 0.6 is 0 Å². The lowest BCUT2D eigenvalue weighted by Gasteiger charge is -2.53. The van der Waals surface area contributed by atoms with Crippen molar-refractivity contribution in [1.29, 1.82) is 0 Å². The van der Waals surface area contributed by atoms with Gasteiger partial charge in [-0.25, -0.2) is 5.01 Å². The fourth-order valence-electron chi connectivity index (χ4n) is 4.12. The first kappa shape index (κ1) is 16.6. The van der Waals surface area contributed by atoms with Crippen LogP contribution in [-0.4, -0.2) is 22.5 Å². The highest BCUT2D eigenvalue weighted by Gasteiger charge is 2.50. The van der Waals surface area contributed by atoms with E-state index in [2.05, 4.69) is 17.7 Å². The van der Waals surface area contributed by atoms with Crippen molar-refractivity contribution in [1.82, 2.24) is 10.4 Å². The summed E-state index contributed by atoms with van der Waals surface area (Å²) in [5.74, 6) is -0.195. The third-order valence-electron chi connectivity index (χ3n) is 5.62. The molecule has 0 saturated heterocycles. The molecular weight excluding hydrogens is 326 g/mol. The average molecular weight is 349 g/mol. The molecule has 1 fully saturated rings. The highest BCUT2D eigenvalue weighted by atomic mass is 16.2. The lowest BCUT2D eigenvalue weighted by atomic mass is 9.77. The summed E-state index contributed by atoms with van der Waals surface area (Å²) in [4.78, 5) is 26.0. The summed E-state index contributed by atoms with van der Waals surface area (Å²) in [5, 5.41) is 5.14. The number of nitrogens with zero attached hydrogens (tertiary/aromatic N) is 1. The van der Waals surface area contributed by atoms with E-state index in [1.165, 1.54) is 0 Å². The first-order valence-electron chi connectivity index (χ1n) is 9.19. The number of rotatable bonds is 2. The molecule has 1 aliphatic heterocycles. The fourth-order valence-corrected chi connectivity index (χ4v) is 4.12. The predicted molar refractivity (Wildman–Crippen MR) is 101 cm³/mol. The Morgan fingerprint density at radius 3 is 2.62 bits per heavy atom. The van der Waals surface area contributed by atoms with Crippen molar-refractivity contribution >= 4 is 17.5 Å². The van der Waals surface area contributed by atoms with Crippen LogP contribution in [0.5, 0.6) is 0 Å². The molecule has 5 nitrogen and oxygen atoms in total. The van der Waals surface area contributed by atoms with Crippen molar-refractivity contribution in [3.05, 3.63) is 65.7 Å². The van der Waals surface area contributed by atoms with Crippen molar-refractivity contribution in [3.8, 4) is 0 Å². The zero-order valence-corrected chi connectivity index (χ0v) is 14.9. The summed E-state index contributed by atoms with van der Waals surface area (Å²) >= 11 is 0. The summed E-state index contributed by atoms with van der Waals surface area (Å²) in [6.07, 6.45) is 3.98. The minimum Gasteiger partial charge on any atom is -0.360 e. The molecule has 4 rings (SSSR count). The van der Waals surface area contributed by atoms with E-state index < -0.39 is 5.66 Å². The number of anilines is 1. The number of benzene rings is 2. The van der Waals surface area contributed by atoms with Crippen LogP contribution in [0.1, 0.15) is 53.3 Å². The van der Waals surface area contributed by atoms with Gasteiger partial charge in [0.1, 0.15) is 5.66 Å². The Hall–Kier alpha value is -2.82. The maximum Gasteiger partial charge on any atom is 0.276 e. The molecule has 2 aromatic carbocycles. The topological polar surface area (TPSA) is 61.4 Å². The molecule has 2 aliphatic rings. The molecule has 26 heavy (non-hydrogen) atoms. The summed E-state index contributed by atoms with van der Waals surface area (Å²) in [5.41, 5.74) is 4.28. The Balaban J connectivity index is 1.73. The monoisotopic (exact) mass is 349 g/mol. The molecule has 134 valence electrons. The lowest BCUT2D eigenvalue weighted by molar-refractivity contribution is -0.00387. The third-order valence-corrected chi connectivity index (χ3v) is 5.62. The molecule has 5 heteroatoms. The molecule has 1 spiro atoms. The summed E-state index contributed by atoms with van der Waals surface area (Å²) in [7, 11) is 0. The van der Waals surface area contributed by atoms with Gasteiger partial charge in [-0.2, -0.15) is 0 Å². The first-order chi connectivity index (χ1) is 12.6. The van der Waals surface area contributed by atoms with Crippen molar-refractivity contribution in [3.63, 3.8) is 0 Å². The average Bonchev–Trinajstić information content (AvgIpc) is 2.68. The van der Waals surface area contributed by atoms with Crippen LogP contribution in [0.15, 0.2) is 54.6 Å². The van der Waals surface area contributed by atoms with E-state index in [9.17, 15) is 9.59 Å². The van der Waals surface area contributed by atoms with Gasteiger partial charge in [0.2, 0.25) is 0 Å². The number of para-hydroxylation sites is 1. The molecule has 2 amide bonds. The van der Waals surface area contributed by atoms with Gasteiger partial charge in [0.25, 0.3) is 11.8 Å². The van der Waals surface area contributed by atoms with Crippen LogP contribution in [0.4, 0.5) is 5.69 Å². The number of fused-ring (bicyclic) bond motifs is 1. The van der Waals surface area contributed by atoms with E-state index in [1.807, 2.05) is 36.4 Å². The Kier molecular flexibility index (Phi) is 4.15. The zero-order valence-electron chi connectivity index (χ0n) is 14.9. The number of hydrogen-bond donors (Lipinski definition) is 2. The number of carbonyl (C=O) groups is 2. The van der Waals surface area contributed by atoms with Gasteiger partial charge in [0.05, 0.1) is 5.56 Å². The maximum absolute atomic E-state index is 13.3. The van der Waals surface area contributed by atoms with Crippen molar-refractivity contribution in [2.24, 2.45) is 5.92 Å². The van der Waals surface area contributed by atoms with Crippen LogP contribution in [0.25, 0.3) is 0 Å². The van der Waals surface area contributed by atoms with Crippen LogP contribution in [0, 0.1) is 5.92 Å².